The van der Waals surface area contributed by atoms with E-state index in [2.05, 4.69) is 10.1 Å². The lowest BCUT2D eigenvalue weighted by atomic mass is 10.2. The van der Waals surface area contributed by atoms with E-state index in [1.54, 1.807) is 36.4 Å². The minimum atomic E-state index is -4.16. The van der Waals surface area contributed by atoms with Gasteiger partial charge in [-0.1, -0.05) is 23.2 Å². The molecule has 0 spiro atoms. The molecule has 2 aromatic carbocycles. The zero-order valence-corrected chi connectivity index (χ0v) is 17.8. The molecule has 8 nitrogen and oxygen atoms in total. The SMILES string of the molecule is O=C(NS(=O)(=O)c1ccn(Cl)n1)c1cc2cc(Oc3ccc(Cl)c(Cl)c3)ccc2[nH]1. The van der Waals surface area contributed by atoms with Gasteiger partial charge in [-0.3, -0.25) is 4.79 Å². The molecule has 0 unspecified atom stereocenters. The van der Waals surface area contributed by atoms with E-state index >= 15 is 0 Å². The van der Waals surface area contributed by atoms with Crippen LogP contribution in [0.3, 0.4) is 0 Å². The number of sulfonamides is 1. The molecule has 0 aliphatic carbocycles. The summed E-state index contributed by atoms with van der Waals surface area (Å²) in [6.45, 7) is 0. The lowest BCUT2D eigenvalue weighted by molar-refractivity contribution is 0.0977. The number of H-pyrrole nitrogens is 1. The average Bonchev–Trinajstić information content (AvgIpc) is 3.31. The second kappa shape index (κ2) is 7.84. The Morgan fingerprint density at radius 3 is 2.47 bits per heavy atom. The van der Waals surface area contributed by atoms with Gasteiger partial charge in [-0.25, -0.2) is 4.72 Å². The topological polar surface area (TPSA) is 106 Å². The molecule has 0 aliphatic rings. The highest BCUT2D eigenvalue weighted by Gasteiger charge is 2.22. The quantitative estimate of drug-likeness (QED) is 0.430. The number of fused-ring (bicyclic) bond motifs is 1. The molecule has 4 rings (SSSR count). The van der Waals surface area contributed by atoms with Gasteiger partial charge >= 0.3 is 0 Å². The Bertz CT molecular complexity index is 1380. The van der Waals surface area contributed by atoms with E-state index in [4.69, 9.17) is 39.7 Å². The molecule has 0 radical (unpaired) electrons. The van der Waals surface area contributed by atoms with Gasteiger partial charge < -0.3 is 9.72 Å². The number of nitrogens with zero attached hydrogens (tertiary/aromatic N) is 2. The van der Waals surface area contributed by atoms with Gasteiger partial charge in [0.25, 0.3) is 15.9 Å². The van der Waals surface area contributed by atoms with E-state index in [9.17, 15) is 13.2 Å². The zero-order valence-electron chi connectivity index (χ0n) is 14.8. The molecule has 0 fully saturated rings. The Hall–Kier alpha value is -2.72. The van der Waals surface area contributed by atoms with Crippen LogP contribution >= 0.6 is 35.0 Å². The van der Waals surface area contributed by atoms with Crippen LogP contribution in [0.4, 0.5) is 0 Å². The molecule has 2 N–H and O–H groups in total. The lowest BCUT2D eigenvalue weighted by Gasteiger charge is -2.06. The maximum absolute atomic E-state index is 12.4. The van der Waals surface area contributed by atoms with Crippen molar-refractivity contribution in [2.24, 2.45) is 0 Å². The van der Waals surface area contributed by atoms with Gasteiger partial charge in [-0.15, -0.1) is 5.10 Å². The van der Waals surface area contributed by atoms with Crippen molar-refractivity contribution >= 4 is 61.8 Å². The monoisotopic (exact) mass is 484 g/mol. The number of carbonyl (C=O) groups excluding carboxylic acids is 1. The summed E-state index contributed by atoms with van der Waals surface area (Å²) in [6, 6.07) is 12.6. The predicted molar refractivity (Wildman–Crippen MR) is 113 cm³/mol. The van der Waals surface area contributed by atoms with Gasteiger partial charge in [0.1, 0.15) is 17.2 Å². The number of ether oxygens (including phenoxy) is 1. The normalized spacial score (nSPS) is 11.6. The van der Waals surface area contributed by atoms with E-state index in [-0.39, 0.29) is 10.7 Å². The number of hydrogen-bond acceptors (Lipinski definition) is 5. The van der Waals surface area contributed by atoms with Crippen molar-refractivity contribution in [2.45, 2.75) is 5.03 Å². The van der Waals surface area contributed by atoms with Gasteiger partial charge in [-0.05, 0) is 42.5 Å². The molecule has 30 heavy (non-hydrogen) atoms. The molecule has 0 aliphatic heterocycles. The maximum atomic E-state index is 12.4. The Kier molecular flexibility index (Phi) is 5.37. The molecule has 2 heterocycles. The number of aromatic nitrogens is 3. The summed E-state index contributed by atoms with van der Waals surface area (Å²) in [5.41, 5.74) is 0.662. The summed E-state index contributed by atoms with van der Waals surface area (Å²) >= 11 is 17.4. The average molecular weight is 486 g/mol. The number of benzene rings is 2. The fourth-order valence-electron chi connectivity index (χ4n) is 2.63. The lowest BCUT2D eigenvalue weighted by Crippen LogP contribution is -2.31. The fourth-order valence-corrected chi connectivity index (χ4v) is 4.00. The van der Waals surface area contributed by atoms with Crippen molar-refractivity contribution in [2.75, 3.05) is 0 Å². The van der Waals surface area contributed by atoms with Gasteiger partial charge in [-0.2, -0.15) is 12.6 Å². The van der Waals surface area contributed by atoms with Crippen molar-refractivity contribution < 1.29 is 17.9 Å². The number of halogens is 3. The highest BCUT2D eigenvalue weighted by Crippen LogP contribution is 2.31. The molecule has 1 amide bonds. The van der Waals surface area contributed by atoms with Gasteiger partial charge in [0, 0.05) is 34.9 Å². The summed E-state index contributed by atoms with van der Waals surface area (Å²) in [5, 5.41) is 4.60. The molecule has 0 saturated carbocycles. The molecule has 0 bridgehead atoms. The van der Waals surface area contributed by atoms with Crippen LogP contribution in [0, 0.1) is 0 Å². The highest BCUT2D eigenvalue weighted by atomic mass is 35.5. The number of nitrogens with one attached hydrogen (secondary N) is 2. The van der Waals surface area contributed by atoms with Crippen LogP contribution in [0.2, 0.25) is 10.0 Å². The Morgan fingerprint density at radius 1 is 1.03 bits per heavy atom. The molecule has 2 aromatic heterocycles. The zero-order chi connectivity index (χ0) is 21.5. The molecule has 12 heteroatoms. The van der Waals surface area contributed by atoms with Gasteiger partial charge in [0.05, 0.1) is 10.0 Å². The van der Waals surface area contributed by atoms with Crippen molar-refractivity contribution in [1.82, 2.24) is 19.0 Å². The first kappa shape index (κ1) is 20.5. The van der Waals surface area contributed by atoms with Crippen LogP contribution in [-0.2, 0) is 10.0 Å². The first-order chi connectivity index (χ1) is 14.2. The Morgan fingerprint density at radius 2 is 1.77 bits per heavy atom. The second-order valence-corrected chi connectivity index (χ2v) is 8.88. The maximum Gasteiger partial charge on any atom is 0.283 e. The summed E-state index contributed by atoms with van der Waals surface area (Å²) < 4.78 is 33.0. The standard InChI is InChI=1S/C18H11Cl3N4O4S/c19-13-3-1-12(9-14(13)20)29-11-2-4-15-10(7-11)8-16(22-15)18(26)24-30(27,28)17-5-6-25(21)23-17/h1-9,22H,(H,24,26). The number of amides is 1. The van der Waals surface area contributed by atoms with Crippen LogP contribution in [-0.4, -0.2) is 28.6 Å². The van der Waals surface area contributed by atoms with Crippen molar-refractivity contribution in [3.05, 3.63) is 70.5 Å². The van der Waals surface area contributed by atoms with Gasteiger partial charge in [0.15, 0.2) is 5.03 Å². The first-order valence-corrected chi connectivity index (χ1v) is 10.8. The summed E-state index contributed by atoms with van der Waals surface area (Å²) in [4.78, 5) is 15.3. The molecule has 0 saturated heterocycles. The predicted octanol–water partition coefficient (Wildman–Crippen LogP) is 4.58. The van der Waals surface area contributed by atoms with Crippen molar-refractivity contribution in [3.63, 3.8) is 0 Å². The number of carbonyl (C=O) groups is 1. The second-order valence-electron chi connectivity index (χ2n) is 6.09. The third kappa shape index (κ3) is 4.24. The summed E-state index contributed by atoms with van der Waals surface area (Å²) in [5.74, 6) is 0.136. The molecular formula is C18H11Cl3N4O4S. The molecule has 4 aromatic rings. The number of hydrogen-bond donors (Lipinski definition) is 2. The summed E-state index contributed by atoms with van der Waals surface area (Å²) in [6.07, 6.45) is 1.24. The largest absolute Gasteiger partial charge is 0.457 e. The van der Waals surface area contributed by atoms with Crippen LogP contribution in [0.5, 0.6) is 11.5 Å². The third-order valence-electron chi connectivity index (χ3n) is 4.00. The molecule has 0 atom stereocenters. The fraction of sp³-hybridized carbons (Fsp3) is 0. The number of aromatic amines is 1. The van der Waals surface area contributed by atoms with E-state index in [0.29, 0.717) is 32.4 Å². The van der Waals surface area contributed by atoms with E-state index in [1.165, 1.54) is 18.3 Å². The molecule has 154 valence electrons. The number of rotatable bonds is 5. The van der Waals surface area contributed by atoms with E-state index in [0.717, 1.165) is 4.20 Å². The minimum Gasteiger partial charge on any atom is -0.457 e. The van der Waals surface area contributed by atoms with Crippen LogP contribution in [0.15, 0.2) is 59.8 Å². The van der Waals surface area contributed by atoms with Crippen molar-refractivity contribution in [1.29, 1.82) is 0 Å². The van der Waals surface area contributed by atoms with Crippen molar-refractivity contribution in [3.8, 4) is 11.5 Å². The molecular weight excluding hydrogens is 475 g/mol. The van der Waals surface area contributed by atoms with Gasteiger partial charge in [0.2, 0.25) is 0 Å². The minimum absolute atomic E-state index is 0.0468. The summed E-state index contributed by atoms with van der Waals surface area (Å²) in [7, 11) is -4.16. The Labute approximate surface area is 185 Å². The highest BCUT2D eigenvalue weighted by molar-refractivity contribution is 7.90. The third-order valence-corrected chi connectivity index (χ3v) is 6.15. The van der Waals surface area contributed by atoms with Crippen LogP contribution < -0.4 is 9.46 Å². The van der Waals surface area contributed by atoms with Crippen LogP contribution in [0.25, 0.3) is 10.9 Å². The smallest absolute Gasteiger partial charge is 0.283 e. The van der Waals surface area contributed by atoms with Crippen LogP contribution in [0.1, 0.15) is 10.5 Å². The van der Waals surface area contributed by atoms with E-state index in [1.807, 2.05) is 4.72 Å². The first-order valence-electron chi connectivity index (χ1n) is 8.26. The Balaban J connectivity index is 1.56. The van der Waals surface area contributed by atoms with E-state index < -0.39 is 15.9 Å².